The number of nitrogens with zero attached hydrogens (tertiary/aromatic N) is 2. The maximum absolute atomic E-state index is 12.3. The van der Waals surface area contributed by atoms with Crippen LogP contribution in [0.4, 0.5) is 0 Å². The van der Waals surface area contributed by atoms with E-state index in [2.05, 4.69) is 5.10 Å². The summed E-state index contributed by atoms with van der Waals surface area (Å²) in [5.41, 5.74) is 0.664. The van der Waals surface area contributed by atoms with E-state index in [4.69, 9.17) is 16.3 Å². The molecule has 0 radical (unpaired) electrons. The van der Waals surface area contributed by atoms with Crippen LogP contribution < -0.4 is 5.56 Å². The Labute approximate surface area is 133 Å². The minimum Gasteiger partial charge on any atom is -0.462 e. The fourth-order valence-corrected chi connectivity index (χ4v) is 2.29. The normalized spacial score (nSPS) is 10.5. The second-order valence-electron chi connectivity index (χ2n) is 4.67. The van der Waals surface area contributed by atoms with Crippen molar-refractivity contribution in [1.29, 1.82) is 0 Å². The van der Waals surface area contributed by atoms with Gasteiger partial charge in [0.2, 0.25) is 0 Å². The number of halogens is 1. The average Bonchev–Trinajstić information content (AvgIpc) is 2.50. The van der Waals surface area contributed by atoms with E-state index in [-0.39, 0.29) is 12.2 Å². The Hall–Kier alpha value is -2.14. The average molecular weight is 321 g/mol. The molecule has 6 heteroatoms. The van der Waals surface area contributed by atoms with Gasteiger partial charge in [-0.1, -0.05) is 36.7 Å². The second-order valence-corrected chi connectivity index (χ2v) is 5.08. The van der Waals surface area contributed by atoms with E-state index in [9.17, 15) is 9.59 Å². The van der Waals surface area contributed by atoms with Crippen molar-refractivity contribution in [2.45, 2.75) is 26.8 Å². The van der Waals surface area contributed by atoms with Crippen LogP contribution >= 0.6 is 11.6 Å². The highest BCUT2D eigenvalue weighted by molar-refractivity contribution is 6.33. The number of ether oxygens (including phenoxy) is 1. The summed E-state index contributed by atoms with van der Waals surface area (Å²) >= 11 is 6.18. The Kier molecular flexibility index (Phi) is 5.33. The molecule has 0 saturated heterocycles. The van der Waals surface area contributed by atoms with Crippen molar-refractivity contribution >= 4 is 17.6 Å². The van der Waals surface area contributed by atoms with Gasteiger partial charge in [0.25, 0.3) is 5.56 Å². The van der Waals surface area contributed by atoms with Crippen LogP contribution in [0, 0.1) is 0 Å². The summed E-state index contributed by atoms with van der Waals surface area (Å²) in [6, 6.07) is 8.59. The quantitative estimate of drug-likeness (QED) is 0.794. The van der Waals surface area contributed by atoms with Crippen LogP contribution in [0.1, 0.15) is 30.6 Å². The number of carbonyl (C=O) groups excluding carboxylic acids is 1. The fourth-order valence-electron chi connectivity index (χ4n) is 2.06. The number of esters is 1. The Morgan fingerprint density at radius 2 is 2.05 bits per heavy atom. The largest absolute Gasteiger partial charge is 0.462 e. The Morgan fingerprint density at radius 1 is 1.32 bits per heavy atom. The number of hydrogen-bond acceptors (Lipinski definition) is 4. The lowest BCUT2D eigenvalue weighted by molar-refractivity contribution is 0.0523. The van der Waals surface area contributed by atoms with E-state index < -0.39 is 11.5 Å². The molecule has 0 bridgehead atoms. The van der Waals surface area contributed by atoms with Crippen molar-refractivity contribution in [3.8, 4) is 11.3 Å². The SMILES string of the molecule is CCCn1nc(-c2ccccc2Cl)cc(C(=O)OCC)c1=O. The summed E-state index contributed by atoms with van der Waals surface area (Å²) in [6.07, 6.45) is 0.723. The summed E-state index contributed by atoms with van der Waals surface area (Å²) in [6.45, 7) is 4.25. The van der Waals surface area contributed by atoms with E-state index in [1.54, 1.807) is 25.1 Å². The third-order valence-electron chi connectivity index (χ3n) is 3.05. The molecule has 0 N–H and O–H groups in total. The molecule has 1 aromatic heterocycles. The second kappa shape index (κ2) is 7.22. The molecule has 2 rings (SSSR count). The predicted molar refractivity (Wildman–Crippen MR) is 85.2 cm³/mol. The third kappa shape index (κ3) is 3.36. The highest BCUT2D eigenvalue weighted by atomic mass is 35.5. The molecule has 0 amide bonds. The van der Waals surface area contributed by atoms with Crippen molar-refractivity contribution in [2.24, 2.45) is 0 Å². The third-order valence-corrected chi connectivity index (χ3v) is 3.38. The standard InChI is InChI=1S/C16H17ClN2O3/c1-3-9-19-15(20)12(16(21)22-4-2)10-14(18-19)11-7-5-6-8-13(11)17/h5-8,10H,3-4,9H2,1-2H3. The summed E-state index contributed by atoms with van der Waals surface area (Å²) in [5.74, 6) is -0.645. The van der Waals surface area contributed by atoms with Crippen molar-refractivity contribution in [3.05, 3.63) is 51.3 Å². The lowest BCUT2D eigenvalue weighted by Gasteiger charge is -2.10. The van der Waals surface area contributed by atoms with E-state index in [1.807, 2.05) is 13.0 Å². The molecule has 116 valence electrons. The molecule has 1 aromatic carbocycles. The maximum Gasteiger partial charge on any atom is 0.343 e. The van der Waals surface area contributed by atoms with Gasteiger partial charge in [0.1, 0.15) is 5.56 Å². The summed E-state index contributed by atoms with van der Waals surface area (Å²) in [5, 5.41) is 4.81. The van der Waals surface area contributed by atoms with Crippen LogP contribution in [0.2, 0.25) is 5.02 Å². The van der Waals surface area contributed by atoms with Gasteiger partial charge in [0.05, 0.1) is 17.3 Å². The van der Waals surface area contributed by atoms with Crippen LogP contribution in [-0.2, 0) is 11.3 Å². The molecule has 0 atom stereocenters. The summed E-state index contributed by atoms with van der Waals surface area (Å²) in [4.78, 5) is 24.3. The number of carbonyl (C=O) groups is 1. The zero-order valence-corrected chi connectivity index (χ0v) is 13.3. The Morgan fingerprint density at radius 3 is 2.68 bits per heavy atom. The topological polar surface area (TPSA) is 61.2 Å². The predicted octanol–water partition coefficient (Wildman–Crippen LogP) is 3.15. The number of aryl methyl sites for hydroxylation is 1. The summed E-state index contributed by atoms with van der Waals surface area (Å²) in [7, 11) is 0. The first-order valence-corrected chi connectivity index (χ1v) is 7.50. The first kappa shape index (κ1) is 16.2. The molecule has 0 aliphatic heterocycles. The van der Waals surface area contributed by atoms with Gasteiger partial charge in [-0.2, -0.15) is 5.10 Å². The van der Waals surface area contributed by atoms with E-state index >= 15 is 0 Å². The van der Waals surface area contributed by atoms with Gasteiger partial charge in [-0.05, 0) is 25.5 Å². The number of benzene rings is 1. The molecule has 2 aromatic rings. The number of hydrogen-bond donors (Lipinski definition) is 0. The molecule has 1 heterocycles. The zero-order chi connectivity index (χ0) is 16.1. The first-order valence-electron chi connectivity index (χ1n) is 7.12. The van der Waals surface area contributed by atoms with Crippen molar-refractivity contribution < 1.29 is 9.53 Å². The van der Waals surface area contributed by atoms with Crippen molar-refractivity contribution in [3.63, 3.8) is 0 Å². The lowest BCUT2D eigenvalue weighted by atomic mass is 10.1. The van der Waals surface area contributed by atoms with Gasteiger partial charge in [-0.15, -0.1) is 0 Å². The molecule has 0 spiro atoms. The molecule has 0 aliphatic rings. The van der Waals surface area contributed by atoms with E-state index in [1.165, 1.54) is 10.7 Å². The molecule has 0 unspecified atom stereocenters. The Bertz CT molecular complexity index is 740. The molecular weight excluding hydrogens is 304 g/mol. The van der Waals surface area contributed by atoms with Crippen LogP contribution in [0.25, 0.3) is 11.3 Å². The van der Waals surface area contributed by atoms with Crippen molar-refractivity contribution in [1.82, 2.24) is 9.78 Å². The molecule has 0 fully saturated rings. The molecule has 0 aliphatic carbocycles. The fraction of sp³-hybridized carbons (Fsp3) is 0.312. The molecule has 5 nitrogen and oxygen atoms in total. The van der Waals surface area contributed by atoms with Crippen LogP contribution in [0.5, 0.6) is 0 Å². The van der Waals surface area contributed by atoms with Gasteiger partial charge in [0.15, 0.2) is 0 Å². The number of rotatable bonds is 5. The lowest BCUT2D eigenvalue weighted by Crippen LogP contribution is -2.29. The minimum absolute atomic E-state index is 0.0276. The van der Waals surface area contributed by atoms with Crippen LogP contribution in [0.15, 0.2) is 35.1 Å². The van der Waals surface area contributed by atoms with Gasteiger partial charge in [-0.3, -0.25) is 4.79 Å². The summed E-state index contributed by atoms with van der Waals surface area (Å²) < 4.78 is 6.23. The maximum atomic E-state index is 12.3. The van der Waals surface area contributed by atoms with E-state index in [0.717, 1.165) is 6.42 Å². The Balaban J connectivity index is 2.63. The molecule has 22 heavy (non-hydrogen) atoms. The van der Waals surface area contributed by atoms with Crippen LogP contribution in [0.3, 0.4) is 0 Å². The van der Waals surface area contributed by atoms with Gasteiger partial charge in [-0.25, -0.2) is 9.48 Å². The molecule has 0 saturated carbocycles. The van der Waals surface area contributed by atoms with Gasteiger partial charge < -0.3 is 4.74 Å². The van der Waals surface area contributed by atoms with Gasteiger partial charge >= 0.3 is 5.97 Å². The minimum atomic E-state index is -0.645. The smallest absolute Gasteiger partial charge is 0.343 e. The molecular formula is C16H17ClN2O3. The monoisotopic (exact) mass is 320 g/mol. The first-order chi connectivity index (χ1) is 10.6. The highest BCUT2D eigenvalue weighted by Crippen LogP contribution is 2.25. The van der Waals surface area contributed by atoms with E-state index in [0.29, 0.717) is 22.8 Å². The van der Waals surface area contributed by atoms with Crippen LogP contribution in [-0.4, -0.2) is 22.4 Å². The number of aromatic nitrogens is 2. The highest BCUT2D eigenvalue weighted by Gasteiger charge is 2.18. The zero-order valence-electron chi connectivity index (χ0n) is 12.5. The van der Waals surface area contributed by atoms with Gasteiger partial charge in [0, 0.05) is 12.1 Å². The van der Waals surface area contributed by atoms with Crippen molar-refractivity contribution in [2.75, 3.05) is 6.61 Å².